The van der Waals surface area contributed by atoms with Crippen LogP contribution in [-0.4, -0.2) is 50.5 Å². The number of benzene rings is 1. The molecule has 0 aromatic heterocycles. The predicted molar refractivity (Wildman–Crippen MR) is 74.4 cm³/mol. The molecule has 0 saturated carbocycles. The minimum Gasteiger partial charge on any atom is -0.349 e. The lowest BCUT2D eigenvalue weighted by Gasteiger charge is -2.22. The van der Waals surface area contributed by atoms with Gasteiger partial charge in [0.1, 0.15) is 5.82 Å². The van der Waals surface area contributed by atoms with Gasteiger partial charge in [-0.2, -0.15) is 0 Å². The van der Waals surface area contributed by atoms with Crippen LogP contribution in [0.15, 0.2) is 29.3 Å². The van der Waals surface area contributed by atoms with E-state index in [0.717, 1.165) is 30.9 Å². The summed E-state index contributed by atoms with van der Waals surface area (Å²) in [5.41, 5.74) is 1.03. The molecule has 0 amide bonds. The quantitative estimate of drug-likeness (QED) is 0.464. The second-order valence-corrected chi connectivity index (χ2v) is 4.70. The number of guanidine groups is 1. The monoisotopic (exact) mass is 251 g/mol. The minimum absolute atomic E-state index is 0.168. The number of nitrogens with zero attached hydrogens (tertiary/aromatic N) is 3. The zero-order valence-electron chi connectivity index (χ0n) is 11.7. The first kappa shape index (κ1) is 14.5. The molecule has 18 heavy (non-hydrogen) atoms. The number of aryl methyl sites for hydroxylation is 1. The smallest absolute Gasteiger partial charge is 0.195 e. The van der Waals surface area contributed by atoms with E-state index in [-0.39, 0.29) is 5.82 Å². The zero-order chi connectivity index (χ0) is 13.5. The van der Waals surface area contributed by atoms with Gasteiger partial charge >= 0.3 is 0 Å². The van der Waals surface area contributed by atoms with Crippen LogP contribution in [0.1, 0.15) is 12.0 Å². The minimum atomic E-state index is -0.168. The van der Waals surface area contributed by atoms with Crippen LogP contribution in [-0.2, 0) is 6.42 Å². The Bertz CT molecular complexity index is 390. The summed E-state index contributed by atoms with van der Waals surface area (Å²) in [6.07, 6.45) is 1.78. The topological polar surface area (TPSA) is 18.8 Å². The van der Waals surface area contributed by atoms with Crippen molar-refractivity contribution in [2.24, 2.45) is 4.99 Å². The highest BCUT2D eigenvalue weighted by Gasteiger charge is 2.03. The largest absolute Gasteiger partial charge is 0.349 e. The summed E-state index contributed by atoms with van der Waals surface area (Å²) in [4.78, 5) is 8.51. The molecule has 0 aliphatic heterocycles. The Morgan fingerprint density at radius 2 is 1.83 bits per heavy atom. The van der Waals surface area contributed by atoms with Crippen molar-refractivity contribution in [1.82, 2.24) is 9.80 Å². The van der Waals surface area contributed by atoms with Crippen LogP contribution in [0.5, 0.6) is 0 Å². The molecule has 4 heteroatoms. The summed E-state index contributed by atoms with van der Waals surface area (Å²) in [6.45, 7) is 0.752. The standard InChI is InChI=1S/C14H22FN3/c1-17(2)14(18(3)4)16-10-6-8-12-7-5-9-13(15)11-12/h5,7,9,11H,6,8,10H2,1-4H3. The summed E-state index contributed by atoms with van der Waals surface area (Å²) in [5.74, 6) is 0.785. The number of hydrogen-bond acceptors (Lipinski definition) is 1. The van der Waals surface area contributed by atoms with Gasteiger partial charge in [-0.1, -0.05) is 12.1 Å². The van der Waals surface area contributed by atoms with E-state index in [9.17, 15) is 4.39 Å². The third-order valence-corrected chi connectivity index (χ3v) is 2.57. The van der Waals surface area contributed by atoms with Crippen LogP contribution in [0.2, 0.25) is 0 Å². The van der Waals surface area contributed by atoms with Gasteiger partial charge in [-0.05, 0) is 30.5 Å². The number of halogens is 1. The maximum atomic E-state index is 13.0. The van der Waals surface area contributed by atoms with Gasteiger partial charge in [-0.3, -0.25) is 4.99 Å². The van der Waals surface area contributed by atoms with Gasteiger partial charge in [-0.15, -0.1) is 0 Å². The molecule has 0 spiro atoms. The number of aliphatic imine (C=N–C) groups is 1. The maximum Gasteiger partial charge on any atom is 0.195 e. The molecule has 0 aliphatic rings. The van der Waals surface area contributed by atoms with Crippen LogP contribution in [0.3, 0.4) is 0 Å². The van der Waals surface area contributed by atoms with Crippen molar-refractivity contribution in [2.75, 3.05) is 34.7 Å². The van der Waals surface area contributed by atoms with Gasteiger partial charge in [0.15, 0.2) is 5.96 Å². The maximum absolute atomic E-state index is 13.0. The molecular formula is C14H22FN3. The first-order chi connectivity index (χ1) is 8.50. The summed E-state index contributed by atoms with van der Waals surface area (Å²) < 4.78 is 13.0. The lowest BCUT2D eigenvalue weighted by molar-refractivity contribution is 0.479. The molecule has 1 aromatic carbocycles. The third-order valence-electron chi connectivity index (χ3n) is 2.57. The summed E-state index contributed by atoms with van der Waals surface area (Å²) in [5, 5.41) is 0. The SMILES string of the molecule is CN(C)C(=NCCCc1cccc(F)c1)N(C)C. The molecule has 0 atom stereocenters. The van der Waals surface area contributed by atoms with Gasteiger partial charge in [-0.25, -0.2) is 4.39 Å². The summed E-state index contributed by atoms with van der Waals surface area (Å²) >= 11 is 0. The average Bonchev–Trinajstić information content (AvgIpc) is 2.27. The Hall–Kier alpha value is -1.58. The highest BCUT2D eigenvalue weighted by molar-refractivity contribution is 5.79. The van der Waals surface area contributed by atoms with E-state index < -0.39 is 0 Å². The first-order valence-electron chi connectivity index (χ1n) is 6.14. The van der Waals surface area contributed by atoms with Crippen molar-refractivity contribution in [3.05, 3.63) is 35.6 Å². The Balaban J connectivity index is 2.44. The Morgan fingerprint density at radius 3 is 2.39 bits per heavy atom. The molecule has 1 aromatic rings. The van der Waals surface area contributed by atoms with Gasteiger partial charge in [0.25, 0.3) is 0 Å². The van der Waals surface area contributed by atoms with E-state index in [1.54, 1.807) is 12.1 Å². The lowest BCUT2D eigenvalue weighted by atomic mass is 10.1. The predicted octanol–water partition coefficient (Wildman–Crippen LogP) is 2.24. The van der Waals surface area contributed by atoms with Crippen molar-refractivity contribution in [3.8, 4) is 0 Å². The normalized spacial score (nSPS) is 10.1. The average molecular weight is 251 g/mol. The van der Waals surface area contributed by atoms with Crippen molar-refractivity contribution in [3.63, 3.8) is 0 Å². The van der Waals surface area contributed by atoms with Crippen LogP contribution < -0.4 is 0 Å². The molecule has 0 N–H and O–H groups in total. The van der Waals surface area contributed by atoms with Crippen LogP contribution in [0.25, 0.3) is 0 Å². The Kier molecular flexibility index (Phi) is 5.62. The second kappa shape index (κ2) is 6.99. The first-order valence-corrected chi connectivity index (χ1v) is 6.14. The number of hydrogen-bond donors (Lipinski definition) is 0. The summed E-state index contributed by atoms with van der Waals surface area (Å²) in [7, 11) is 7.91. The van der Waals surface area contributed by atoms with Crippen molar-refractivity contribution >= 4 is 5.96 Å². The van der Waals surface area contributed by atoms with E-state index >= 15 is 0 Å². The van der Waals surface area contributed by atoms with Crippen LogP contribution in [0.4, 0.5) is 4.39 Å². The highest BCUT2D eigenvalue weighted by atomic mass is 19.1. The molecule has 0 unspecified atom stereocenters. The molecule has 0 bridgehead atoms. The van der Waals surface area contributed by atoms with Gasteiger partial charge in [0.2, 0.25) is 0 Å². The fourth-order valence-corrected chi connectivity index (χ4v) is 1.84. The molecule has 0 fully saturated rings. The zero-order valence-corrected chi connectivity index (χ0v) is 11.7. The van der Waals surface area contributed by atoms with Crippen molar-refractivity contribution in [2.45, 2.75) is 12.8 Å². The molecule has 3 nitrogen and oxygen atoms in total. The van der Waals surface area contributed by atoms with Gasteiger partial charge < -0.3 is 9.80 Å². The fraction of sp³-hybridized carbons (Fsp3) is 0.500. The number of rotatable bonds is 4. The lowest BCUT2D eigenvalue weighted by Crippen LogP contribution is -2.35. The molecule has 0 radical (unpaired) electrons. The van der Waals surface area contributed by atoms with E-state index in [4.69, 9.17) is 0 Å². The van der Waals surface area contributed by atoms with E-state index in [1.807, 2.05) is 44.1 Å². The molecule has 0 saturated heterocycles. The van der Waals surface area contributed by atoms with Crippen molar-refractivity contribution in [1.29, 1.82) is 0 Å². The fourth-order valence-electron chi connectivity index (χ4n) is 1.84. The van der Waals surface area contributed by atoms with Gasteiger partial charge in [0, 0.05) is 34.7 Å². The van der Waals surface area contributed by atoms with E-state index in [1.165, 1.54) is 6.07 Å². The molecule has 100 valence electrons. The molecule has 0 heterocycles. The Morgan fingerprint density at radius 1 is 1.17 bits per heavy atom. The molecule has 0 aliphatic carbocycles. The van der Waals surface area contributed by atoms with Crippen molar-refractivity contribution < 1.29 is 4.39 Å². The Labute approximate surface area is 109 Å². The molecular weight excluding hydrogens is 229 g/mol. The molecule has 1 rings (SSSR count). The van der Waals surface area contributed by atoms with Gasteiger partial charge in [0.05, 0.1) is 0 Å². The summed E-state index contributed by atoms with van der Waals surface area (Å²) in [6, 6.07) is 6.75. The van der Waals surface area contributed by atoms with Crippen LogP contribution >= 0.6 is 0 Å². The van der Waals surface area contributed by atoms with E-state index in [0.29, 0.717) is 0 Å². The second-order valence-electron chi connectivity index (χ2n) is 4.70. The highest BCUT2D eigenvalue weighted by Crippen LogP contribution is 2.06. The van der Waals surface area contributed by atoms with Crippen LogP contribution in [0, 0.1) is 5.82 Å². The van der Waals surface area contributed by atoms with E-state index in [2.05, 4.69) is 4.99 Å². The third kappa shape index (κ3) is 4.73.